The summed E-state index contributed by atoms with van der Waals surface area (Å²) < 4.78 is 13.1. The van der Waals surface area contributed by atoms with Crippen LogP contribution in [0.2, 0.25) is 0 Å². The minimum absolute atomic E-state index is 0.00430. The Labute approximate surface area is 124 Å². The average molecular weight is 292 g/mol. The zero-order chi connectivity index (χ0) is 15.4. The van der Waals surface area contributed by atoms with E-state index in [0.717, 1.165) is 5.56 Å². The van der Waals surface area contributed by atoms with Crippen molar-refractivity contribution in [3.8, 4) is 0 Å². The third kappa shape index (κ3) is 4.03. The van der Waals surface area contributed by atoms with Crippen molar-refractivity contribution in [1.29, 1.82) is 0 Å². The Morgan fingerprint density at radius 1 is 1.33 bits per heavy atom. The molecule has 0 unspecified atom stereocenters. The second-order valence-electron chi connectivity index (χ2n) is 5.63. The van der Waals surface area contributed by atoms with Crippen molar-refractivity contribution < 1.29 is 14.0 Å². The molecule has 1 heterocycles. The molecular weight excluding hydrogens is 271 g/mol. The standard InChI is InChI=1S/C16H21FN2O2/c1-12(2)19-9-8-18(11-16(19)21)15(20)7-6-13-4-3-5-14(17)10-13/h3-5,10,12H,6-9,11H2,1-2H3. The van der Waals surface area contributed by atoms with Crippen molar-refractivity contribution in [2.45, 2.75) is 32.7 Å². The Morgan fingerprint density at radius 2 is 2.10 bits per heavy atom. The summed E-state index contributed by atoms with van der Waals surface area (Å²) in [6.45, 7) is 5.26. The van der Waals surface area contributed by atoms with Crippen LogP contribution in [0, 0.1) is 5.82 Å². The molecule has 0 N–H and O–H groups in total. The van der Waals surface area contributed by atoms with E-state index >= 15 is 0 Å². The van der Waals surface area contributed by atoms with E-state index in [0.29, 0.717) is 25.9 Å². The van der Waals surface area contributed by atoms with Crippen molar-refractivity contribution in [3.63, 3.8) is 0 Å². The Hall–Kier alpha value is -1.91. The number of halogens is 1. The highest BCUT2D eigenvalue weighted by atomic mass is 19.1. The quantitative estimate of drug-likeness (QED) is 0.849. The molecule has 1 saturated heterocycles. The first kappa shape index (κ1) is 15.5. The fourth-order valence-corrected chi connectivity index (χ4v) is 2.55. The molecule has 4 nitrogen and oxygen atoms in total. The Bertz CT molecular complexity index is 531. The van der Waals surface area contributed by atoms with Crippen LogP contribution in [0.1, 0.15) is 25.8 Å². The second kappa shape index (κ2) is 6.70. The van der Waals surface area contributed by atoms with Crippen LogP contribution in [-0.4, -0.2) is 47.3 Å². The van der Waals surface area contributed by atoms with Crippen molar-refractivity contribution >= 4 is 11.8 Å². The molecule has 1 aromatic rings. The van der Waals surface area contributed by atoms with Gasteiger partial charge in [-0.25, -0.2) is 4.39 Å². The zero-order valence-electron chi connectivity index (χ0n) is 12.5. The highest BCUT2D eigenvalue weighted by Gasteiger charge is 2.27. The van der Waals surface area contributed by atoms with Crippen LogP contribution in [0.25, 0.3) is 0 Å². The smallest absolute Gasteiger partial charge is 0.242 e. The van der Waals surface area contributed by atoms with Crippen LogP contribution in [0.15, 0.2) is 24.3 Å². The van der Waals surface area contributed by atoms with Gasteiger partial charge in [-0.3, -0.25) is 9.59 Å². The van der Waals surface area contributed by atoms with Gasteiger partial charge in [-0.05, 0) is 38.0 Å². The number of hydrogen-bond donors (Lipinski definition) is 0. The predicted molar refractivity (Wildman–Crippen MR) is 78.2 cm³/mol. The monoisotopic (exact) mass is 292 g/mol. The van der Waals surface area contributed by atoms with Gasteiger partial charge in [0.2, 0.25) is 11.8 Å². The van der Waals surface area contributed by atoms with Crippen LogP contribution < -0.4 is 0 Å². The molecule has 0 radical (unpaired) electrons. The Balaban J connectivity index is 1.86. The van der Waals surface area contributed by atoms with E-state index in [9.17, 15) is 14.0 Å². The largest absolute Gasteiger partial charge is 0.337 e. The molecule has 2 rings (SSSR count). The summed E-state index contributed by atoms with van der Waals surface area (Å²) in [7, 11) is 0. The molecule has 2 amide bonds. The van der Waals surface area contributed by atoms with E-state index in [2.05, 4.69) is 0 Å². The van der Waals surface area contributed by atoms with E-state index in [1.54, 1.807) is 21.9 Å². The number of hydrogen-bond acceptors (Lipinski definition) is 2. The summed E-state index contributed by atoms with van der Waals surface area (Å²) in [5.41, 5.74) is 0.801. The number of carbonyl (C=O) groups is 2. The van der Waals surface area contributed by atoms with Crippen LogP contribution in [-0.2, 0) is 16.0 Å². The number of aryl methyl sites for hydroxylation is 1. The first-order chi connectivity index (χ1) is 9.97. The molecule has 21 heavy (non-hydrogen) atoms. The maximum atomic E-state index is 13.1. The summed E-state index contributed by atoms with van der Waals surface area (Å²) in [6, 6.07) is 6.43. The second-order valence-corrected chi connectivity index (χ2v) is 5.63. The van der Waals surface area contributed by atoms with Gasteiger partial charge in [-0.15, -0.1) is 0 Å². The molecule has 0 aromatic heterocycles. The van der Waals surface area contributed by atoms with Crippen LogP contribution in [0.4, 0.5) is 4.39 Å². The zero-order valence-corrected chi connectivity index (χ0v) is 12.5. The molecule has 1 fully saturated rings. The van der Waals surface area contributed by atoms with Gasteiger partial charge in [0.1, 0.15) is 5.82 Å². The van der Waals surface area contributed by atoms with E-state index < -0.39 is 0 Å². The number of amides is 2. The number of rotatable bonds is 4. The van der Waals surface area contributed by atoms with Crippen LogP contribution >= 0.6 is 0 Å². The van der Waals surface area contributed by atoms with Crippen molar-refractivity contribution in [2.24, 2.45) is 0 Å². The average Bonchev–Trinajstić information content (AvgIpc) is 2.44. The molecule has 0 saturated carbocycles. The number of piperazine rings is 1. The van der Waals surface area contributed by atoms with Crippen LogP contribution in [0.3, 0.4) is 0 Å². The van der Waals surface area contributed by atoms with Crippen molar-refractivity contribution in [1.82, 2.24) is 9.80 Å². The summed E-state index contributed by atoms with van der Waals surface area (Å²) in [5, 5.41) is 0. The topological polar surface area (TPSA) is 40.6 Å². The lowest BCUT2D eigenvalue weighted by Crippen LogP contribution is -2.54. The molecule has 5 heteroatoms. The summed E-state index contributed by atoms with van der Waals surface area (Å²) >= 11 is 0. The number of nitrogens with zero attached hydrogens (tertiary/aromatic N) is 2. The van der Waals surface area contributed by atoms with Gasteiger partial charge in [-0.1, -0.05) is 12.1 Å². The van der Waals surface area contributed by atoms with Gasteiger partial charge in [0, 0.05) is 25.6 Å². The summed E-state index contributed by atoms with van der Waals surface area (Å²) in [4.78, 5) is 27.5. The fourth-order valence-electron chi connectivity index (χ4n) is 2.55. The lowest BCUT2D eigenvalue weighted by Gasteiger charge is -2.36. The predicted octanol–water partition coefficient (Wildman–Crippen LogP) is 1.84. The Kier molecular flexibility index (Phi) is 4.94. The lowest BCUT2D eigenvalue weighted by molar-refractivity contribution is -0.146. The fraction of sp³-hybridized carbons (Fsp3) is 0.500. The van der Waals surface area contributed by atoms with Gasteiger partial charge in [0.25, 0.3) is 0 Å². The molecular formula is C16H21FN2O2. The van der Waals surface area contributed by atoms with Gasteiger partial charge in [0.05, 0.1) is 6.54 Å². The lowest BCUT2D eigenvalue weighted by atomic mass is 10.1. The molecule has 0 bridgehead atoms. The molecule has 1 aliphatic heterocycles. The third-order valence-corrected chi connectivity index (χ3v) is 3.75. The SMILES string of the molecule is CC(C)N1CCN(C(=O)CCc2cccc(F)c2)CC1=O. The normalized spacial score (nSPS) is 15.7. The van der Waals surface area contributed by atoms with E-state index in [4.69, 9.17) is 0 Å². The minimum Gasteiger partial charge on any atom is -0.337 e. The van der Waals surface area contributed by atoms with E-state index in [-0.39, 0.29) is 30.2 Å². The summed E-state index contributed by atoms with van der Waals surface area (Å²) in [5.74, 6) is -0.341. The first-order valence-electron chi connectivity index (χ1n) is 7.29. The molecule has 1 aliphatic rings. The minimum atomic E-state index is -0.291. The van der Waals surface area contributed by atoms with Crippen molar-refractivity contribution in [3.05, 3.63) is 35.6 Å². The maximum Gasteiger partial charge on any atom is 0.242 e. The maximum absolute atomic E-state index is 13.1. The highest BCUT2D eigenvalue weighted by molar-refractivity contribution is 5.86. The Morgan fingerprint density at radius 3 is 2.71 bits per heavy atom. The van der Waals surface area contributed by atoms with Gasteiger partial charge >= 0.3 is 0 Å². The molecule has 1 aromatic carbocycles. The number of carbonyl (C=O) groups excluding carboxylic acids is 2. The number of benzene rings is 1. The summed E-state index contributed by atoms with van der Waals surface area (Å²) in [6.07, 6.45) is 0.799. The van der Waals surface area contributed by atoms with E-state index in [1.165, 1.54) is 12.1 Å². The molecule has 0 aliphatic carbocycles. The van der Waals surface area contributed by atoms with Gasteiger partial charge < -0.3 is 9.80 Å². The molecule has 114 valence electrons. The highest BCUT2D eigenvalue weighted by Crippen LogP contribution is 2.11. The van der Waals surface area contributed by atoms with Gasteiger partial charge in [-0.2, -0.15) is 0 Å². The molecule has 0 atom stereocenters. The van der Waals surface area contributed by atoms with Gasteiger partial charge in [0.15, 0.2) is 0 Å². The third-order valence-electron chi connectivity index (χ3n) is 3.75. The van der Waals surface area contributed by atoms with E-state index in [1.807, 2.05) is 13.8 Å². The van der Waals surface area contributed by atoms with Crippen LogP contribution in [0.5, 0.6) is 0 Å². The molecule has 0 spiro atoms. The first-order valence-corrected chi connectivity index (χ1v) is 7.29. The van der Waals surface area contributed by atoms with Crippen molar-refractivity contribution in [2.75, 3.05) is 19.6 Å².